The minimum atomic E-state index is -0.672. The van der Waals surface area contributed by atoms with E-state index in [2.05, 4.69) is 10.6 Å². The van der Waals surface area contributed by atoms with Crippen LogP contribution in [-0.2, 0) is 11.2 Å². The number of nitrogens with one attached hydrogen (secondary N) is 2. The van der Waals surface area contributed by atoms with E-state index in [0.717, 1.165) is 23.4 Å². The van der Waals surface area contributed by atoms with Crippen molar-refractivity contribution in [3.8, 4) is 0 Å². The molecule has 2 amide bonds. The van der Waals surface area contributed by atoms with Gasteiger partial charge in [-0.05, 0) is 54.9 Å². The second kappa shape index (κ2) is 7.51. The van der Waals surface area contributed by atoms with E-state index in [9.17, 15) is 9.90 Å². The SMILES string of the molecule is O=C(NCC(O)COCC1CC1)NC1CCc2cc(Cl)ccc21. The number of hydrogen-bond donors (Lipinski definition) is 3. The van der Waals surface area contributed by atoms with Gasteiger partial charge >= 0.3 is 6.03 Å². The van der Waals surface area contributed by atoms with Crippen molar-refractivity contribution in [3.63, 3.8) is 0 Å². The van der Waals surface area contributed by atoms with Gasteiger partial charge in [0.1, 0.15) is 0 Å². The first-order chi connectivity index (χ1) is 11.1. The van der Waals surface area contributed by atoms with Gasteiger partial charge in [0.15, 0.2) is 0 Å². The van der Waals surface area contributed by atoms with Crippen LogP contribution in [0.2, 0.25) is 5.02 Å². The van der Waals surface area contributed by atoms with Gasteiger partial charge in [-0.25, -0.2) is 4.79 Å². The molecule has 1 saturated carbocycles. The zero-order valence-corrected chi connectivity index (χ0v) is 13.8. The van der Waals surface area contributed by atoms with Crippen LogP contribution in [0.25, 0.3) is 0 Å². The highest BCUT2D eigenvalue weighted by atomic mass is 35.5. The monoisotopic (exact) mass is 338 g/mol. The molecule has 2 atom stereocenters. The van der Waals surface area contributed by atoms with Gasteiger partial charge in [-0.2, -0.15) is 0 Å². The summed E-state index contributed by atoms with van der Waals surface area (Å²) in [4.78, 5) is 12.0. The van der Waals surface area contributed by atoms with Gasteiger partial charge in [0.05, 0.1) is 18.8 Å². The number of aryl methyl sites for hydroxylation is 1. The Balaban J connectivity index is 1.38. The maximum Gasteiger partial charge on any atom is 0.315 e. The Kier molecular flexibility index (Phi) is 5.41. The third-order valence-corrected chi connectivity index (χ3v) is 4.58. The molecule has 0 spiro atoms. The molecule has 6 heteroatoms. The van der Waals surface area contributed by atoms with Crippen molar-refractivity contribution in [2.45, 2.75) is 37.8 Å². The average molecular weight is 339 g/mol. The van der Waals surface area contributed by atoms with E-state index >= 15 is 0 Å². The third kappa shape index (κ3) is 4.83. The Bertz CT molecular complexity index is 563. The molecule has 2 unspecified atom stereocenters. The molecule has 1 fully saturated rings. The number of benzene rings is 1. The molecule has 2 aliphatic carbocycles. The number of fused-ring (bicyclic) bond motifs is 1. The normalized spacial score (nSPS) is 20.9. The molecule has 126 valence electrons. The van der Waals surface area contributed by atoms with Crippen LogP contribution in [-0.4, -0.2) is 37.0 Å². The van der Waals surface area contributed by atoms with Crippen molar-refractivity contribution in [1.82, 2.24) is 10.6 Å². The van der Waals surface area contributed by atoms with Crippen LogP contribution in [0.15, 0.2) is 18.2 Å². The molecular formula is C17H23ClN2O3. The fourth-order valence-corrected chi connectivity index (χ4v) is 3.06. The topological polar surface area (TPSA) is 70.6 Å². The average Bonchev–Trinajstić information content (AvgIpc) is 3.27. The van der Waals surface area contributed by atoms with Crippen LogP contribution in [0, 0.1) is 5.92 Å². The van der Waals surface area contributed by atoms with Crippen molar-refractivity contribution in [2.24, 2.45) is 5.92 Å². The Morgan fingerprint density at radius 3 is 3.00 bits per heavy atom. The summed E-state index contributed by atoms with van der Waals surface area (Å²) < 4.78 is 5.41. The zero-order chi connectivity index (χ0) is 16.2. The van der Waals surface area contributed by atoms with E-state index in [1.54, 1.807) is 0 Å². The van der Waals surface area contributed by atoms with E-state index in [-0.39, 0.29) is 25.2 Å². The molecule has 5 nitrogen and oxygen atoms in total. The van der Waals surface area contributed by atoms with Crippen LogP contribution in [0.4, 0.5) is 4.79 Å². The number of aliphatic hydroxyl groups excluding tert-OH is 1. The molecule has 0 radical (unpaired) electrons. The van der Waals surface area contributed by atoms with E-state index in [1.165, 1.54) is 18.4 Å². The highest BCUT2D eigenvalue weighted by Crippen LogP contribution is 2.32. The third-order valence-electron chi connectivity index (χ3n) is 4.35. The van der Waals surface area contributed by atoms with Crippen molar-refractivity contribution in [1.29, 1.82) is 0 Å². The van der Waals surface area contributed by atoms with E-state index in [4.69, 9.17) is 16.3 Å². The summed E-state index contributed by atoms with van der Waals surface area (Å²) in [6.07, 6.45) is 3.57. The van der Waals surface area contributed by atoms with Gasteiger partial charge in [-0.3, -0.25) is 0 Å². The van der Waals surface area contributed by atoms with Gasteiger partial charge in [-0.15, -0.1) is 0 Å². The maximum atomic E-state index is 12.0. The zero-order valence-electron chi connectivity index (χ0n) is 13.1. The van der Waals surface area contributed by atoms with Gasteiger partial charge in [0.25, 0.3) is 0 Å². The lowest BCUT2D eigenvalue weighted by molar-refractivity contribution is 0.0337. The maximum absolute atomic E-state index is 12.0. The summed E-state index contributed by atoms with van der Waals surface area (Å²) in [6, 6.07) is 5.51. The quantitative estimate of drug-likeness (QED) is 0.715. The number of urea groups is 1. The van der Waals surface area contributed by atoms with Gasteiger partial charge in [0, 0.05) is 18.2 Å². The molecule has 0 aromatic heterocycles. The number of amides is 2. The summed E-state index contributed by atoms with van der Waals surface area (Å²) in [7, 11) is 0. The molecule has 0 bridgehead atoms. The lowest BCUT2D eigenvalue weighted by atomic mass is 10.1. The first-order valence-electron chi connectivity index (χ1n) is 8.20. The first-order valence-corrected chi connectivity index (χ1v) is 8.58. The van der Waals surface area contributed by atoms with Crippen LogP contribution in [0.5, 0.6) is 0 Å². The summed E-state index contributed by atoms with van der Waals surface area (Å²) >= 11 is 5.99. The number of carbonyl (C=O) groups is 1. The van der Waals surface area contributed by atoms with Crippen LogP contribution < -0.4 is 10.6 Å². The standard InChI is InChI=1S/C17H23ClN2O3/c18-13-4-5-15-12(7-13)3-6-16(15)20-17(22)19-8-14(21)10-23-9-11-1-2-11/h4-5,7,11,14,16,21H,1-3,6,8-10H2,(H2,19,20,22). The second-order valence-electron chi connectivity index (χ2n) is 6.42. The first kappa shape index (κ1) is 16.6. The van der Waals surface area contributed by atoms with Crippen LogP contribution in [0.3, 0.4) is 0 Å². The summed E-state index contributed by atoms with van der Waals surface area (Å²) in [5.74, 6) is 0.675. The van der Waals surface area contributed by atoms with Gasteiger partial charge in [0.2, 0.25) is 0 Å². The highest BCUT2D eigenvalue weighted by molar-refractivity contribution is 6.30. The number of halogens is 1. The Hall–Kier alpha value is -1.30. The van der Waals surface area contributed by atoms with Crippen LogP contribution in [0.1, 0.15) is 36.4 Å². The Labute approximate surface area is 141 Å². The van der Waals surface area contributed by atoms with E-state index < -0.39 is 6.10 Å². The Morgan fingerprint density at radius 1 is 1.39 bits per heavy atom. The predicted octanol–water partition coefficient (Wildman–Crippen LogP) is 2.41. The van der Waals surface area contributed by atoms with E-state index in [1.807, 2.05) is 18.2 Å². The van der Waals surface area contributed by atoms with E-state index in [0.29, 0.717) is 12.5 Å². The second-order valence-corrected chi connectivity index (χ2v) is 6.86. The number of hydrogen-bond acceptors (Lipinski definition) is 3. The fraction of sp³-hybridized carbons (Fsp3) is 0.588. The van der Waals surface area contributed by atoms with Crippen molar-refractivity contribution in [3.05, 3.63) is 34.3 Å². The van der Waals surface area contributed by atoms with Crippen LogP contribution >= 0.6 is 11.6 Å². The molecule has 1 aromatic carbocycles. The number of ether oxygens (including phenoxy) is 1. The Morgan fingerprint density at radius 2 is 2.22 bits per heavy atom. The molecule has 23 heavy (non-hydrogen) atoms. The van der Waals surface area contributed by atoms with Gasteiger partial charge in [-0.1, -0.05) is 17.7 Å². The smallest absolute Gasteiger partial charge is 0.315 e. The fourth-order valence-electron chi connectivity index (χ4n) is 2.87. The molecule has 0 saturated heterocycles. The number of carbonyl (C=O) groups excluding carboxylic acids is 1. The predicted molar refractivity (Wildman–Crippen MR) is 88.6 cm³/mol. The lowest BCUT2D eigenvalue weighted by Gasteiger charge is -2.17. The molecular weight excluding hydrogens is 316 g/mol. The molecule has 3 rings (SSSR count). The van der Waals surface area contributed by atoms with Crippen molar-refractivity contribution < 1.29 is 14.6 Å². The minimum absolute atomic E-state index is 0.00512. The molecule has 0 heterocycles. The molecule has 0 aliphatic heterocycles. The summed E-state index contributed by atoms with van der Waals surface area (Å²) in [5.41, 5.74) is 2.31. The number of aliphatic hydroxyl groups is 1. The molecule has 2 aliphatic rings. The lowest BCUT2D eigenvalue weighted by Crippen LogP contribution is -2.42. The van der Waals surface area contributed by atoms with Gasteiger partial charge < -0.3 is 20.5 Å². The summed E-state index contributed by atoms with van der Waals surface area (Å²) in [6.45, 7) is 1.17. The molecule has 3 N–H and O–H groups in total. The molecule has 1 aromatic rings. The van der Waals surface area contributed by atoms with Crippen molar-refractivity contribution in [2.75, 3.05) is 19.8 Å². The largest absolute Gasteiger partial charge is 0.389 e. The number of rotatable bonds is 7. The summed E-state index contributed by atoms with van der Waals surface area (Å²) in [5, 5.41) is 16.2. The minimum Gasteiger partial charge on any atom is -0.389 e. The van der Waals surface area contributed by atoms with Crippen molar-refractivity contribution >= 4 is 17.6 Å². The highest BCUT2D eigenvalue weighted by Gasteiger charge is 2.24.